The quantitative estimate of drug-likeness (QED) is 0.641. The Labute approximate surface area is 165 Å². The minimum absolute atomic E-state index is 0.0384. The first-order valence-electron chi connectivity index (χ1n) is 9.25. The standard InChI is InChI=1S/C18H20F3N5O2S/c1-4-29(27,28)17-14(24-13-7-10(2)5-6-26(13)17)16-23-12-8-11(18(19,20)21)9-22-15(12)25(16)3/h8-10H,4-7H2,1-3H3. The minimum atomic E-state index is -4.54. The maximum atomic E-state index is 13.0. The molecular weight excluding hydrogens is 407 g/mol. The van der Waals surface area contributed by atoms with E-state index in [1.54, 1.807) is 18.5 Å². The molecular formula is C18H20F3N5O2S. The van der Waals surface area contributed by atoms with Crippen LogP contribution in [-0.2, 0) is 36.0 Å². The highest BCUT2D eigenvalue weighted by Crippen LogP contribution is 2.35. The molecule has 7 nitrogen and oxygen atoms in total. The number of alkyl halides is 3. The molecule has 1 aliphatic heterocycles. The summed E-state index contributed by atoms with van der Waals surface area (Å²) < 4.78 is 68.0. The summed E-state index contributed by atoms with van der Waals surface area (Å²) in [5.41, 5.74) is -0.470. The number of imidazole rings is 2. The highest BCUT2D eigenvalue weighted by Gasteiger charge is 2.34. The molecule has 0 bridgehead atoms. The van der Waals surface area contributed by atoms with Gasteiger partial charge in [-0.05, 0) is 18.4 Å². The Kier molecular flexibility index (Phi) is 4.48. The fourth-order valence-electron chi connectivity index (χ4n) is 3.67. The van der Waals surface area contributed by atoms with Gasteiger partial charge in [-0.2, -0.15) is 13.2 Å². The third-order valence-corrected chi connectivity index (χ3v) is 7.06. The van der Waals surface area contributed by atoms with Gasteiger partial charge in [0.15, 0.2) is 26.3 Å². The predicted molar refractivity (Wildman–Crippen MR) is 99.9 cm³/mol. The van der Waals surface area contributed by atoms with Crippen molar-refractivity contribution in [2.24, 2.45) is 13.0 Å². The lowest BCUT2D eigenvalue weighted by Gasteiger charge is -2.21. The van der Waals surface area contributed by atoms with E-state index >= 15 is 0 Å². The van der Waals surface area contributed by atoms with E-state index in [1.807, 2.05) is 0 Å². The second-order valence-corrected chi connectivity index (χ2v) is 9.59. The third-order valence-electron chi connectivity index (χ3n) is 5.30. The zero-order valence-electron chi connectivity index (χ0n) is 16.2. The van der Waals surface area contributed by atoms with Gasteiger partial charge in [-0.1, -0.05) is 13.8 Å². The lowest BCUT2D eigenvalue weighted by atomic mass is 10.0. The van der Waals surface area contributed by atoms with E-state index in [-0.39, 0.29) is 33.5 Å². The van der Waals surface area contributed by atoms with E-state index in [4.69, 9.17) is 0 Å². The Morgan fingerprint density at radius 3 is 2.66 bits per heavy atom. The zero-order valence-corrected chi connectivity index (χ0v) is 17.0. The Hall–Kier alpha value is -2.43. The number of halogens is 3. The average molecular weight is 427 g/mol. The van der Waals surface area contributed by atoms with Crippen LogP contribution in [0.15, 0.2) is 17.3 Å². The van der Waals surface area contributed by atoms with E-state index < -0.39 is 21.6 Å². The Balaban J connectivity index is 1.97. The monoisotopic (exact) mass is 427 g/mol. The average Bonchev–Trinajstić information content (AvgIpc) is 3.18. The summed E-state index contributed by atoms with van der Waals surface area (Å²) in [4.78, 5) is 12.7. The van der Waals surface area contributed by atoms with Gasteiger partial charge in [0, 0.05) is 26.2 Å². The normalized spacial score (nSPS) is 17.7. The van der Waals surface area contributed by atoms with Crippen LogP contribution in [0.5, 0.6) is 0 Å². The molecule has 4 heterocycles. The second-order valence-electron chi connectivity index (χ2n) is 7.39. The maximum Gasteiger partial charge on any atom is 0.417 e. The SMILES string of the molecule is CCS(=O)(=O)c1c(-c2nc3cc(C(F)(F)F)cnc3n2C)nc2n1CCC(C)C2. The lowest BCUT2D eigenvalue weighted by molar-refractivity contribution is -0.137. The summed E-state index contributed by atoms with van der Waals surface area (Å²) in [5, 5.41) is 0.0800. The van der Waals surface area contributed by atoms with Gasteiger partial charge in [0.05, 0.1) is 11.3 Å². The molecule has 0 saturated heterocycles. The zero-order chi connectivity index (χ0) is 21.1. The van der Waals surface area contributed by atoms with Crippen molar-refractivity contribution >= 4 is 21.0 Å². The summed E-state index contributed by atoms with van der Waals surface area (Å²) >= 11 is 0. The number of fused-ring (bicyclic) bond motifs is 2. The van der Waals surface area contributed by atoms with Crippen LogP contribution in [0.2, 0.25) is 0 Å². The van der Waals surface area contributed by atoms with Crippen LogP contribution in [-0.4, -0.2) is 38.3 Å². The van der Waals surface area contributed by atoms with Crippen LogP contribution < -0.4 is 0 Å². The van der Waals surface area contributed by atoms with Crippen molar-refractivity contribution in [1.82, 2.24) is 24.1 Å². The van der Waals surface area contributed by atoms with Crippen LogP contribution in [0.1, 0.15) is 31.7 Å². The first-order valence-corrected chi connectivity index (χ1v) is 10.9. The molecule has 0 aromatic carbocycles. The topological polar surface area (TPSA) is 82.7 Å². The first-order chi connectivity index (χ1) is 13.5. The molecule has 0 amide bonds. The number of nitrogens with zero attached hydrogens (tertiary/aromatic N) is 5. The summed E-state index contributed by atoms with van der Waals surface area (Å²) in [6.45, 7) is 4.15. The molecule has 29 heavy (non-hydrogen) atoms. The van der Waals surface area contributed by atoms with E-state index in [9.17, 15) is 21.6 Å². The molecule has 0 fully saturated rings. The molecule has 4 rings (SSSR count). The molecule has 3 aromatic heterocycles. The molecule has 0 aliphatic carbocycles. The highest BCUT2D eigenvalue weighted by atomic mass is 32.2. The number of sulfone groups is 1. The van der Waals surface area contributed by atoms with Crippen molar-refractivity contribution in [1.29, 1.82) is 0 Å². The van der Waals surface area contributed by atoms with Gasteiger partial charge in [-0.25, -0.2) is 23.4 Å². The van der Waals surface area contributed by atoms with Crippen molar-refractivity contribution < 1.29 is 21.6 Å². The van der Waals surface area contributed by atoms with Crippen molar-refractivity contribution in [3.05, 3.63) is 23.7 Å². The number of pyridine rings is 1. The van der Waals surface area contributed by atoms with Crippen molar-refractivity contribution in [3.8, 4) is 11.5 Å². The maximum absolute atomic E-state index is 13.0. The molecule has 0 N–H and O–H groups in total. The summed E-state index contributed by atoms with van der Waals surface area (Å²) in [6.07, 6.45) is -2.34. The Morgan fingerprint density at radius 2 is 2.00 bits per heavy atom. The highest BCUT2D eigenvalue weighted by molar-refractivity contribution is 7.91. The Morgan fingerprint density at radius 1 is 1.28 bits per heavy atom. The molecule has 0 radical (unpaired) electrons. The third kappa shape index (κ3) is 3.21. The van der Waals surface area contributed by atoms with E-state index in [0.29, 0.717) is 24.7 Å². The Bertz CT molecular complexity index is 1210. The van der Waals surface area contributed by atoms with Gasteiger partial charge in [0.2, 0.25) is 0 Å². The molecule has 3 aromatic rings. The van der Waals surface area contributed by atoms with Crippen molar-refractivity contribution in [3.63, 3.8) is 0 Å². The number of hydrogen-bond acceptors (Lipinski definition) is 5. The second kappa shape index (κ2) is 6.54. The lowest BCUT2D eigenvalue weighted by Crippen LogP contribution is -2.21. The predicted octanol–water partition coefficient (Wildman–Crippen LogP) is 3.23. The van der Waals surface area contributed by atoms with Crippen LogP contribution in [0.25, 0.3) is 22.7 Å². The summed E-state index contributed by atoms with van der Waals surface area (Å²) in [5.74, 6) is 1.10. The molecule has 1 aliphatic rings. The van der Waals surface area contributed by atoms with E-state index in [0.717, 1.165) is 18.7 Å². The first kappa shape index (κ1) is 19.9. The number of rotatable bonds is 3. The molecule has 11 heteroatoms. The smallest absolute Gasteiger partial charge is 0.318 e. The molecule has 0 saturated carbocycles. The van der Waals surface area contributed by atoms with Crippen LogP contribution in [0.4, 0.5) is 13.2 Å². The number of aromatic nitrogens is 5. The van der Waals surface area contributed by atoms with E-state index in [1.165, 1.54) is 4.57 Å². The number of hydrogen-bond donors (Lipinski definition) is 0. The van der Waals surface area contributed by atoms with Crippen molar-refractivity contribution in [2.75, 3.05) is 5.75 Å². The van der Waals surface area contributed by atoms with Gasteiger partial charge in [0.1, 0.15) is 17.0 Å². The molecule has 1 unspecified atom stereocenters. The van der Waals surface area contributed by atoms with Gasteiger partial charge < -0.3 is 9.13 Å². The molecule has 0 spiro atoms. The van der Waals surface area contributed by atoms with Gasteiger partial charge in [-0.3, -0.25) is 0 Å². The van der Waals surface area contributed by atoms with Crippen molar-refractivity contribution in [2.45, 2.75) is 44.4 Å². The van der Waals surface area contributed by atoms with Crippen LogP contribution in [0, 0.1) is 5.92 Å². The summed E-state index contributed by atoms with van der Waals surface area (Å²) in [7, 11) is -2.04. The fraction of sp³-hybridized carbons (Fsp3) is 0.500. The molecule has 1 atom stereocenters. The van der Waals surface area contributed by atoms with Gasteiger partial charge in [-0.15, -0.1) is 0 Å². The minimum Gasteiger partial charge on any atom is -0.318 e. The largest absolute Gasteiger partial charge is 0.417 e. The van der Waals surface area contributed by atoms with Gasteiger partial charge >= 0.3 is 6.18 Å². The summed E-state index contributed by atoms with van der Waals surface area (Å²) in [6, 6.07) is 0.915. The van der Waals surface area contributed by atoms with Crippen LogP contribution >= 0.6 is 0 Å². The number of aryl methyl sites for hydroxylation is 1. The van der Waals surface area contributed by atoms with E-state index in [2.05, 4.69) is 21.9 Å². The molecule has 156 valence electrons. The van der Waals surface area contributed by atoms with Crippen LogP contribution in [0.3, 0.4) is 0 Å². The van der Waals surface area contributed by atoms with Gasteiger partial charge in [0.25, 0.3) is 0 Å². The fourth-order valence-corrected chi connectivity index (χ4v) is 4.91.